The summed E-state index contributed by atoms with van der Waals surface area (Å²) in [6.45, 7) is -1.45. The predicted octanol–water partition coefficient (Wildman–Crippen LogP) is -3.97. The maximum atomic E-state index is 8.96. The van der Waals surface area contributed by atoms with Gasteiger partial charge in [-0.05, 0) is 0 Å². The maximum absolute atomic E-state index is 8.96. The summed E-state index contributed by atoms with van der Waals surface area (Å²) in [6, 6.07) is 0. The van der Waals surface area contributed by atoms with Gasteiger partial charge in [-0.25, -0.2) is 0 Å². The molecule has 13 heavy (non-hydrogen) atoms. The number of rotatable bonds is 5. The summed E-state index contributed by atoms with van der Waals surface area (Å²) in [5.74, 6) is 0. The predicted molar refractivity (Wildman–Crippen MR) is 44.0 cm³/mol. The normalized spacial score (nSPS) is 19.8. The molecule has 0 unspecified atom stereocenters. The van der Waals surface area contributed by atoms with Gasteiger partial charge in [-0.15, -0.1) is 0 Å². The van der Waals surface area contributed by atoms with Crippen molar-refractivity contribution in [3.8, 4) is 0 Å². The first-order chi connectivity index (χ1) is 5.54. The summed E-state index contributed by atoms with van der Waals surface area (Å²) in [5.41, 5.74) is 0. The second-order valence-electron chi connectivity index (χ2n) is 2.48. The van der Waals surface area contributed by atoms with Crippen molar-refractivity contribution in [2.75, 3.05) is 13.2 Å². The van der Waals surface area contributed by atoms with Gasteiger partial charge >= 0.3 is 0 Å². The molecule has 6 N–H and O–H groups in total. The third kappa shape index (κ3) is 5.46. The monoisotopic (exact) mass is 222 g/mol. The van der Waals surface area contributed by atoms with E-state index in [1.165, 1.54) is 0 Å². The fourth-order valence-electron chi connectivity index (χ4n) is 0.671. The summed E-state index contributed by atoms with van der Waals surface area (Å²) < 4.78 is 0. The molecule has 0 aliphatic carbocycles. The zero-order valence-electron chi connectivity index (χ0n) is 7.11. The van der Waals surface area contributed by atoms with E-state index in [1.807, 2.05) is 0 Å². The van der Waals surface area contributed by atoms with Gasteiger partial charge < -0.3 is 30.6 Å². The zero-order chi connectivity index (χ0) is 9.72. The van der Waals surface area contributed by atoms with E-state index in [4.69, 9.17) is 30.6 Å². The zero-order valence-corrected chi connectivity index (χ0v) is 9.32. The van der Waals surface area contributed by atoms with E-state index >= 15 is 0 Å². The van der Waals surface area contributed by atoms with Crippen molar-refractivity contribution in [1.29, 1.82) is 0 Å². The SMILES string of the molecule is OC[C@@H](O)[C@@H](O)[C@H](O)[C@H](O)CO.[Ca]. The maximum Gasteiger partial charge on any atom is 0.111 e. The minimum absolute atomic E-state index is 0. The van der Waals surface area contributed by atoms with Gasteiger partial charge in [-0.3, -0.25) is 0 Å². The van der Waals surface area contributed by atoms with Gasteiger partial charge in [-0.1, -0.05) is 0 Å². The van der Waals surface area contributed by atoms with Crippen LogP contribution in [0.25, 0.3) is 0 Å². The van der Waals surface area contributed by atoms with Crippen LogP contribution in [0, 0.1) is 0 Å². The Bertz CT molecular complexity index is 110. The Morgan fingerprint density at radius 2 is 0.923 bits per heavy atom. The molecule has 0 amide bonds. The van der Waals surface area contributed by atoms with E-state index in [-0.39, 0.29) is 37.7 Å². The van der Waals surface area contributed by atoms with E-state index in [1.54, 1.807) is 0 Å². The van der Waals surface area contributed by atoms with Gasteiger partial charge in [0.25, 0.3) is 0 Å². The number of hydrogen-bond acceptors (Lipinski definition) is 6. The average molecular weight is 222 g/mol. The Balaban J connectivity index is 0. The minimum Gasteiger partial charge on any atom is -0.394 e. The van der Waals surface area contributed by atoms with Crippen LogP contribution in [0.4, 0.5) is 0 Å². The van der Waals surface area contributed by atoms with E-state index < -0.39 is 37.6 Å². The average Bonchev–Trinajstić information content (AvgIpc) is 2.12. The summed E-state index contributed by atoms with van der Waals surface area (Å²) in [7, 11) is 0. The molecule has 0 aromatic rings. The van der Waals surface area contributed by atoms with Crippen molar-refractivity contribution >= 4 is 37.7 Å². The van der Waals surface area contributed by atoms with E-state index in [0.717, 1.165) is 0 Å². The molecule has 0 fully saturated rings. The Kier molecular flexibility index (Phi) is 10.6. The molecule has 6 nitrogen and oxygen atoms in total. The van der Waals surface area contributed by atoms with Crippen molar-refractivity contribution in [2.24, 2.45) is 0 Å². The molecule has 0 aliphatic heterocycles. The Morgan fingerprint density at radius 1 is 0.692 bits per heavy atom. The van der Waals surface area contributed by atoms with Crippen LogP contribution >= 0.6 is 0 Å². The summed E-state index contributed by atoms with van der Waals surface area (Å²) in [6.07, 6.45) is -6.39. The quantitative estimate of drug-likeness (QED) is 0.264. The molecule has 0 spiro atoms. The molecule has 0 heterocycles. The summed E-state index contributed by atoms with van der Waals surface area (Å²) >= 11 is 0. The van der Waals surface area contributed by atoms with E-state index in [9.17, 15) is 0 Å². The van der Waals surface area contributed by atoms with Crippen molar-refractivity contribution in [3.05, 3.63) is 0 Å². The van der Waals surface area contributed by atoms with E-state index in [2.05, 4.69) is 0 Å². The van der Waals surface area contributed by atoms with Crippen LogP contribution in [0.5, 0.6) is 0 Å². The van der Waals surface area contributed by atoms with Crippen LogP contribution in [0.3, 0.4) is 0 Å². The Hall–Kier alpha value is 1.02. The minimum atomic E-state index is -1.67. The summed E-state index contributed by atoms with van der Waals surface area (Å²) in [4.78, 5) is 0. The smallest absolute Gasteiger partial charge is 0.111 e. The second kappa shape index (κ2) is 8.34. The van der Waals surface area contributed by atoms with Crippen LogP contribution in [0.2, 0.25) is 0 Å². The standard InChI is InChI=1S/C6H14O6.Ca/c7-1-3(9)5(11)6(12)4(10)2-8;/h3-12H,1-2H2;/t3-,4-,5-,6-;/m1./s1. The van der Waals surface area contributed by atoms with Crippen molar-refractivity contribution in [2.45, 2.75) is 24.4 Å². The molecule has 7 heteroatoms. The first-order valence-corrected chi connectivity index (χ1v) is 3.48. The molecular weight excluding hydrogens is 208 g/mol. The Morgan fingerprint density at radius 3 is 1.08 bits per heavy atom. The van der Waals surface area contributed by atoms with Crippen LogP contribution in [-0.2, 0) is 0 Å². The van der Waals surface area contributed by atoms with Crippen LogP contribution in [-0.4, -0.2) is 106 Å². The topological polar surface area (TPSA) is 121 Å². The number of aliphatic hydroxyl groups excluding tert-OH is 6. The molecule has 0 aromatic carbocycles. The van der Waals surface area contributed by atoms with Gasteiger partial charge in [0.2, 0.25) is 0 Å². The first kappa shape index (κ1) is 16.4. The fraction of sp³-hybridized carbons (Fsp3) is 1.00. The molecule has 0 aliphatic rings. The van der Waals surface area contributed by atoms with Crippen LogP contribution in [0.1, 0.15) is 0 Å². The van der Waals surface area contributed by atoms with E-state index in [0.29, 0.717) is 0 Å². The van der Waals surface area contributed by atoms with Gasteiger partial charge in [0.05, 0.1) is 13.2 Å². The first-order valence-electron chi connectivity index (χ1n) is 3.48. The van der Waals surface area contributed by atoms with Crippen molar-refractivity contribution in [1.82, 2.24) is 0 Å². The van der Waals surface area contributed by atoms with Gasteiger partial charge in [-0.2, -0.15) is 0 Å². The molecule has 4 atom stereocenters. The van der Waals surface area contributed by atoms with Crippen molar-refractivity contribution in [3.63, 3.8) is 0 Å². The molecule has 0 bridgehead atoms. The van der Waals surface area contributed by atoms with Crippen LogP contribution < -0.4 is 0 Å². The Labute approximate surface area is 105 Å². The largest absolute Gasteiger partial charge is 0.394 e. The number of hydrogen-bond donors (Lipinski definition) is 6. The van der Waals surface area contributed by atoms with Crippen LogP contribution in [0.15, 0.2) is 0 Å². The van der Waals surface area contributed by atoms with Gasteiger partial charge in [0.15, 0.2) is 0 Å². The molecule has 2 radical (unpaired) electrons. The third-order valence-corrected chi connectivity index (χ3v) is 1.51. The number of aliphatic hydroxyl groups is 6. The second-order valence-corrected chi connectivity index (χ2v) is 2.48. The molecule has 0 aromatic heterocycles. The molecule has 0 saturated carbocycles. The molecule has 0 rings (SSSR count). The summed E-state index contributed by atoms with van der Waals surface area (Å²) in [5, 5.41) is 52.2. The third-order valence-electron chi connectivity index (χ3n) is 1.51. The van der Waals surface area contributed by atoms with Gasteiger partial charge in [0, 0.05) is 37.7 Å². The molecular formula is C6H14CaO6. The molecule has 0 saturated heterocycles. The fourth-order valence-corrected chi connectivity index (χ4v) is 0.671. The van der Waals surface area contributed by atoms with Crippen molar-refractivity contribution < 1.29 is 30.6 Å². The van der Waals surface area contributed by atoms with Gasteiger partial charge in [0.1, 0.15) is 24.4 Å². The molecule has 76 valence electrons.